The molecule has 0 saturated carbocycles. The number of imidazole rings is 1. The summed E-state index contributed by atoms with van der Waals surface area (Å²) >= 11 is 0. The van der Waals surface area contributed by atoms with E-state index in [-0.39, 0.29) is 5.78 Å². The second-order valence-corrected chi connectivity index (χ2v) is 4.11. The van der Waals surface area contributed by atoms with Gasteiger partial charge < -0.3 is 9.47 Å². The highest BCUT2D eigenvalue weighted by molar-refractivity contribution is 5.90. The van der Waals surface area contributed by atoms with Crippen LogP contribution in [0, 0.1) is 0 Å². The summed E-state index contributed by atoms with van der Waals surface area (Å²) in [5, 5.41) is 0. The summed E-state index contributed by atoms with van der Waals surface area (Å²) in [6.07, 6.45) is 1.72. The topological polar surface area (TPSA) is 38.1 Å². The Morgan fingerprint density at radius 2 is 2.19 bits per heavy atom. The van der Waals surface area contributed by atoms with Gasteiger partial charge in [-0.15, -0.1) is 0 Å². The number of hydrogen-bond donors (Lipinski definition) is 0. The molecular formula is C12H15N3O. The second kappa shape index (κ2) is 3.96. The van der Waals surface area contributed by atoms with Gasteiger partial charge in [0.25, 0.3) is 0 Å². The highest BCUT2D eigenvalue weighted by atomic mass is 16.1. The maximum Gasteiger partial charge on any atom is 0.149 e. The zero-order chi connectivity index (χ0) is 11.7. The summed E-state index contributed by atoms with van der Waals surface area (Å²) in [6.45, 7) is 1.96. The van der Waals surface area contributed by atoms with Crippen molar-refractivity contribution < 1.29 is 4.79 Å². The third-order valence-electron chi connectivity index (χ3n) is 2.49. The van der Waals surface area contributed by atoms with Crippen molar-refractivity contribution in [2.45, 2.75) is 13.5 Å². The van der Waals surface area contributed by atoms with E-state index >= 15 is 0 Å². The van der Waals surface area contributed by atoms with Crippen molar-refractivity contribution in [2.75, 3.05) is 19.0 Å². The quantitative estimate of drug-likeness (QED) is 0.785. The van der Waals surface area contributed by atoms with Crippen molar-refractivity contribution in [3.8, 4) is 0 Å². The predicted molar refractivity (Wildman–Crippen MR) is 64.7 cm³/mol. The molecule has 4 heteroatoms. The van der Waals surface area contributed by atoms with Gasteiger partial charge in [0.05, 0.1) is 29.6 Å². The first kappa shape index (κ1) is 10.7. The number of hydrogen-bond acceptors (Lipinski definition) is 3. The van der Waals surface area contributed by atoms with Crippen LogP contribution in [0.15, 0.2) is 24.5 Å². The molecule has 0 aliphatic carbocycles. The molecule has 0 atom stereocenters. The molecule has 4 nitrogen and oxygen atoms in total. The molecule has 0 spiro atoms. The maximum absolute atomic E-state index is 11.2. The summed E-state index contributed by atoms with van der Waals surface area (Å²) in [6, 6.07) is 5.96. The van der Waals surface area contributed by atoms with Crippen molar-refractivity contribution in [3.63, 3.8) is 0 Å². The van der Waals surface area contributed by atoms with Crippen molar-refractivity contribution >= 4 is 22.5 Å². The van der Waals surface area contributed by atoms with Gasteiger partial charge in [-0.3, -0.25) is 4.79 Å². The van der Waals surface area contributed by atoms with Crippen LogP contribution in [0.5, 0.6) is 0 Å². The number of rotatable bonds is 3. The Labute approximate surface area is 94.5 Å². The minimum Gasteiger partial charge on any atom is -0.376 e. The predicted octanol–water partition coefficient (Wildman–Crippen LogP) is 1.69. The molecule has 0 saturated heterocycles. The Kier molecular flexibility index (Phi) is 2.64. The van der Waals surface area contributed by atoms with Crippen LogP contribution in [-0.2, 0) is 11.3 Å². The molecule has 84 valence electrons. The van der Waals surface area contributed by atoms with Crippen LogP contribution in [-0.4, -0.2) is 29.4 Å². The van der Waals surface area contributed by atoms with Gasteiger partial charge in [0, 0.05) is 14.1 Å². The van der Waals surface area contributed by atoms with Gasteiger partial charge in [0.2, 0.25) is 0 Å². The van der Waals surface area contributed by atoms with E-state index in [4.69, 9.17) is 0 Å². The fourth-order valence-corrected chi connectivity index (χ4v) is 1.83. The Hall–Kier alpha value is -1.84. The average molecular weight is 217 g/mol. The summed E-state index contributed by atoms with van der Waals surface area (Å²) in [4.78, 5) is 17.5. The van der Waals surface area contributed by atoms with Crippen LogP contribution in [0.1, 0.15) is 6.92 Å². The first-order valence-electron chi connectivity index (χ1n) is 5.20. The Morgan fingerprint density at radius 3 is 2.81 bits per heavy atom. The summed E-state index contributed by atoms with van der Waals surface area (Å²) < 4.78 is 1.90. The number of anilines is 1. The van der Waals surface area contributed by atoms with Crippen LogP contribution >= 0.6 is 0 Å². The van der Waals surface area contributed by atoms with Gasteiger partial charge in [-0.2, -0.15) is 0 Å². The van der Waals surface area contributed by atoms with Gasteiger partial charge in [-0.25, -0.2) is 4.98 Å². The van der Waals surface area contributed by atoms with Crippen molar-refractivity contribution in [1.29, 1.82) is 0 Å². The molecule has 2 rings (SSSR count). The zero-order valence-electron chi connectivity index (χ0n) is 9.77. The van der Waals surface area contributed by atoms with Crippen LogP contribution in [0.25, 0.3) is 11.0 Å². The highest BCUT2D eigenvalue weighted by Crippen LogP contribution is 2.24. The van der Waals surface area contributed by atoms with E-state index in [1.54, 1.807) is 13.3 Å². The van der Waals surface area contributed by atoms with Gasteiger partial charge >= 0.3 is 0 Å². The number of benzene rings is 1. The highest BCUT2D eigenvalue weighted by Gasteiger charge is 2.09. The number of carbonyl (C=O) groups is 1. The van der Waals surface area contributed by atoms with E-state index in [0.717, 1.165) is 16.7 Å². The summed E-state index contributed by atoms with van der Waals surface area (Å²) in [7, 11) is 3.97. The Bertz CT molecular complexity index is 528. The van der Waals surface area contributed by atoms with Crippen molar-refractivity contribution in [3.05, 3.63) is 24.5 Å². The first-order valence-corrected chi connectivity index (χ1v) is 5.20. The number of ketones is 1. The molecule has 0 unspecified atom stereocenters. The smallest absolute Gasteiger partial charge is 0.149 e. The molecule has 0 bridgehead atoms. The van der Waals surface area contributed by atoms with Gasteiger partial charge in [-0.1, -0.05) is 6.07 Å². The van der Waals surface area contributed by atoms with Crippen molar-refractivity contribution in [1.82, 2.24) is 9.55 Å². The van der Waals surface area contributed by atoms with E-state index in [0.29, 0.717) is 6.54 Å². The average Bonchev–Trinajstić information content (AvgIpc) is 2.60. The molecule has 0 N–H and O–H groups in total. The molecule has 0 radical (unpaired) electrons. The van der Waals surface area contributed by atoms with Crippen LogP contribution < -0.4 is 4.90 Å². The molecule has 0 aliphatic heterocycles. The molecule has 16 heavy (non-hydrogen) atoms. The number of fused-ring (bicyclic) bond motifs is 1. The summed E-state index contributed by atoms with van der Waals surface area (Å²) in [5.41, 5.74) is 3.02. The Balaban J connectivity index is 2.63. The molecule has 0 fully saturated rings. The van der Waals surface area contributed by atoms with E-state index in [1.807, 2.05) is 41.8 Å². The molecular weight excluding hydrogens is 202 g/mol. The lowest BCUT2D eigenvalue weighted by Crippen LogP contribution is -2.12. The van der Waals surface area contributed by atoms with E-state index in [9.17, 15) is 4.79 Å². The molecule has 1 heterocycles. The third-order valence-corrected chi connectivity index (χ3v) is 2.49. The third kappa shape index (κ3) is 1.78. The monoisotopic (exact) mass is 217 g/mol. The molecule has 0 amide bonds. The molecule has 0 aliphatic rings. The van der Waals surface area contributed by atoms with E-state index in [1.165, 1.54) is 0 Å². The van der Waals surface area contributed by atoms with Crippen LogP contribution in [0.2, 0.25) is 0 Å². The van der Waals surface area contributed by atoms with E-state index < -0.39 is 0 Å². The lowest BCUT2D eigenvalue weighted by atomic mass is 10.2. The number of nitrogens with zero attached hydrogens (tertiary/aromatic N) is 3. The van der Waals surface area contributed by atoms with E-state index in [2.05, 4.69) is 4.98 Å². The lowest BCUT2D eigenvalue weighted by Gasteiger charge is -2.15. The van der Waals surface area contributed by atoms with Crippen molar-refractivity contribution in [2.24, 2.45) is 0 Å². The fraction of sp³-hybridized carbons (Fsp3) is 0.333. The molecule has 1 aromatic carbocycles. The van der Waals surface area contributed by atoms with Crippen LogP contribution in [0.4, 0.5) is 5.69 Å². The maximum atomic E-state index is 11.2. The first-order chi connectivity index (χ1) is 7.59. The largest absolute Gasteiger partial charge is 0.376 e. The molecule has 1 aromatic heterocycles. The van der Waals surface area contributed by atoms with Crippen LogP contribution in [0.3, 0.4) is 0 Å². The van der Waals surface area contributed by atoms with Gasteiger partial charge in [0.1, 0.15) is 5.78 Å². The minimum atomic E-state index is 0.132. The minimum absolute atomic E-state index is 0.132. The molecule has 2 aromatic rings. The van der Waals surface area contributed by atoms with Gasteiger partial charge in [-0.05, 0) is 19.1 Å². The SMILES string of the molecule is CC(=O)Cn1cnc2cccc(N(C)C)c21. The zero-order valence-corrected chi connectivity index (χ0v) is 9.77. The van der Waals surface area contributed by atoms with Gasteiger partial charge in [0.15, 0.2) is 0 Å². The number of carbonyl (C=O) groups excluding carboxylic acids is 1. The Morgan fingerprint density at radius 1 is 1.44 bits per heavy atom. The number of Topliss-reactive ketones (excluding diaryl/α,β-unsaturated/α-hetero) is 1. The normalized spacial score (nSPS) is 10.7. The fourth-order valence-electron chi connectivity index (χ4n) is 1.83. The number of aromatic nitrogens is 2. The lowest BCUT2D eigenvalue weighted by molar-refractivity contribution is -0.117. The standard InChI is InChI=1S/C12H15N3O/c1-9(16)7-15-8-13-10-5-4-6-11(12(10)15)14(2)3/h4-6,8H,7H2,1-3H3. The summed E-state index contributed by atoms with van der Waals surface area (Å²) in [5.74, 6) is 0.132. The number of para-hydroxylation sites is 1. The second-order valence-electron chi connectivity index (χ2n) is 4.11.